The van der Waals surface area contributed by atoms with Gasteiger partial charge in [0.05, 0.1) is 38.6 Å². The quantitative estimate of drug-likeness (QED) is 0.0407. The Morgan fingerprint density at radius 3 is 1.01 bits per heavy atom. The van der Waals surface area contributed by atoms with Crippen LogP contribution in [-0.4, -0.2) is 180 Å². The summed E-state index contributed by atoms with van der Waals surface area (Å²) in [4.78, 5) is 224. The average Bonchev–Trinajstić information content (AvgIpc) is 4.05. The van der Waals surface area contributed by atoms with E-state index in [1.54, 1.807) is 6.92 Å². The second-order valence-corrected chi connectivity index (χ2v) is 15.8. The van der Waals surface area contributed by atoms with Gasteiger partial charge in [-0.15, -0.1) is 37.7 Å². The molecule has 380 valence electrons. The van der Waals surface area contributed by atoms with Crippen molar-refractivity contribution in [2.75, 3.05) is 45.8 Å². The Morgan fingerprint density at radius 2 is 0.746 bits per heavy atom. The van der Waals surface area contributed by atoms with E-state index in [2.05, 4.69) is 0 Å². The van der Waals surface area contributed by atoms with Gasteiger partial charge in [-0.3, -0.25) is 52.7 Å². The van der Waals surface area contributed by atoms with E-state index in [0.29, 0.717) is 0 Å². The Bertz CT molecular complexity index is 2200. The predicted molar refractivity (Wildman–Crippen MR) is 224 cm³/mol. The molecule has 0 radical (unpaired) electrons. The van der Waals surface area contributed by atoms with Crippen molar-refractivity contribution in [2.45, 2.75) is 103 Å². The highest BCUT2D eigenvalue weighted by Crippen LogP contribution is 2.21. The highest BCUT2D eigenvalue weighted by atomic mass is 16.7. The topological polar surface area (TPSA) is 333 Å². The number of imide groups is 4. The molecule has 4 aliphatic rings. The summed E-state index contributed by atoms with van der Waals surface area (Å²) in [5, 5.41) is 1.81. The lowest BCUT2D eigenvalue weighted by Gasteiger charge is -2.41. The molecule has 4 saturated heterocycles. The zero-order valence-corrected chi connectivity index (χ0v) is 38.5. The number of hydroxylamine groups is 8. The van der Waals surface area contributed by atoms with Gasteiger partial charge >= 0.3 is 35.7 Å². The molecule has 0 aliphatic carbocycles. The van der Waals surface area contributed by atoms with E-state index in [-0.39, 0.29) is 84.6 Å². The van der Waals surface area contributed by atoms with Crippen molar-refractivity contribution in [1.29, 1.82) is 0 Å². The summed E-state index contributed by atoms with van der Waals surface area (Å²) in [5.74, 6) is -11.3. The van der Waals surface area contributed by atoms with Crippen LogP contribution in [0, 0.1) is 24.7 Å². The molecule has 0 saturated carbocycles. The molecule has 0 N–H and O–H groups in total. The molecule has 1 atom stereocenters. The minimum atomic E-state index is -1.21. The first-order chi connectivity index (χ1) is 33.6. The standard InChI is InChI=1S/C43H49N8O20/c1-4-26-51(39(63)6-3,27-20-30(54)45(23-18-42(66)70-49-35(59)11-12-36(49)60)24-19-43(67)71-50-37(61)13-14-38(50)62)46(28(52)5-2)25-15-29(53)44(21-16-40(64)68-47-31(55)7-8-32(47)56)22-17-41(65)69-48-33(57)9-10-34(48)58/h2-3H,4,7-27H2,1H3/q+1. The lowest BCUT2D eigenvalue weighted by atomic mass is 10.2. The van der Waals surface area contributed by atoms with Crippen LogP contribution in [-0.2, 0) is 96.1 Å². The Morgan fingerprint density at radius 1 is 0.451 bits per heavy atom. The second-order valence-electron chi connectivity index (χ2n) is 15.8. The molecule has 28 nitrogen and oxygen atoms in total. The van der Waals surface area contributed by atoms with Crippen LogP contribution in [0.25, 0.3) is 0 Å². The van der Waals surface area contributed by atoms with Gasteiger partial charge in [0.25, 0.3) is 47.3 Å². The molecule has 0 aromatic rings. The molecular formula is C43H49N8O20+. The number of quaternary nitrogens is 1. The van der Waals surface area contributed by atoms with Crippen molar-refractivity contribution in [1.82, 2.24) is 35.1 Å². The first-order valence-corrected chi connectivity index (χ1v) is 22.1. The normalized spacial score (nSPS) is 16.4. The van der Waals surface area contributed by atoms with Crippen LogP contribution in [0.5, 0.6) is 0 Å². The third kappa shape index (κ3) is 14.6. The number of nitrogens with zero attached hydrogens (tertiary/aromatic N) is 8. The largest absolute Gasteiger partial charge is 0.416 e. The molecule has 4 aliphatic heterocycles. The van der Waals surface area contributed by atoms with Gasteiger partial charge < -0.3 is 29.2 Å². The minimum Gasteiger partial charge on any atom is -0.341 e. The van der Waals surface area contributed by atoms with Crippen molar-refractivity contribution in [3.8, 4) is 24.7 Å². The minimum absolute atomic E-state index is 0.0770. The van der Waals surface area contributed by atoms with Gasteiger partial charge in [0.1, 0.15) is 13.1 Å². The first kappa shape index (κ1) is 55.2. The van der Waals surface area contributed by atoms with Gasteiger partial charge in [0, 0.05) is 89.9 Å². The second kappa shape index (κ2) is 25.3. The Balaban J connectivity index is 1.55. The zero-order chi connectivity index (χ0) is 52.6. The Labute approximate surface area is 403 Å². The number of amides is 12. The fourth-order valence-electron chi connectivity index (χ4n) is 7.34. The number of terminal acetylenes is 2. The molecule has 0 bridgehead atoms. The maximum absolute atomic E-state index is 14.0. The van der Waals surface area contributed by atoms with Crippen molar-refractivity contribution in [2.24, 2.45) is 0 Å². The summed E-state index contributed by atoms with van der Waals surface area (Å²) in [7, 11) is 0. The summed E-state index contributed by atoms with van der Waals surface area (Å²) < 4.78 is -1.18. The van der Waals surface area contributed by atoms with Gasteiger partial charge in [0.15, 0.2) is 0 Å². The highest BCUT2D eigenvalue weighted by Gasteiger charge is 2.46. The average molecular weight is 998 g/mol. The van der Waals surface area contributed by atoms with Crippen molar-refractivity contribution in [3.63, 3.8) is 0 Å². The van der Waals surface area contributed by atoms with Crippen LogP contribution in [0.3, 0.4) is 0 Å². The van der Waals surface area contributed by atoms with Gasteiger partial charge in [-0.1, -0.05) is 6.92 Å². The van der Waals surface area contributed by atoms with E-state index in [4.69, 9.17) is 32.2 Å². The van der Waals surface area contributed by atoms with E-state index in [0.717, 1.165) is 14.8 Å². The number of rotatable bonds is 24. The van der Waals surface area contributed by atoms with E-state index in [1.807, 2.05) is 11.8 Å². The van der Waals surface area contributed by atoms with Crippen molar-refractivity contribution >= 4 is 94.8 Å². The molecule has 12 amide bonds. The summed E-state index contributed by atoms with van der Waals surface area (Å²) in [6.45, 7) is -2.32. The van der Waals surface area contributed by atoms with Crippen LogP contribution < -0.4 is 0 Å². The summed E-state index contributed by atoms with van der Waals surface area (Å²) in [6.07, 6.45) is 5.39. The first-order valence-electron chi connectivity index (χ1n) is 22.1. The molecule has 4 fully saturated rings. The monoisotopic (exact) mass is 997 g/mol. The van der Waals surface area contributed by atoms with Crippen LogP contribution in [0.15, 0.2) is 0 Å². The van der Waals surface area contributed by atoms with Crippen LogP contribution in [0.4, 0.5) is 0 Å². The smallest absolute Gasteiger partial charge is 0.341 e. The lowest BCUT2D eigenvalue weighted by Crippen LogP contribution is -2.66. The van der Waals surface area contributed by atoms with Gasteiger partial charge in [0.2, 0.25) is 11.8 Å². The van der Waals surface area contributed by atoms with Crippen molar-refractivity contribution < 1.29 is 101 Å². The highest BCUT2D eigenvalue weighted by molar-refractivity contribution is 6.03. The molecular weight excluding hydrogens is 949 g/mol. The summed E-state index contributed by atoms with van der Waals surface area (Å²) in [6, 6.07) is 0. The number of hydrogen-bond donors (Lipinski definition) is 0. The number of carbonyl (C=O) groups is 16. The molecule has 4 rings (SSSR count). The molecule has 4 heterocycles. The molecule has 0 aromatic heterocycles. The van der Waals surface area contributed by atoms with E-state index < -0.39 is 177 Å². The third-order valence-corrected chi connectivity index (χ3v) is 11.0. The number of carbonyl (C=O) groups excluding carboxylic acids is 16. The van der Waals surface area contributed by atoms with Crippen LogP contribution >= 0.6 is 0 Å². The molecule has 71 heavy (non-hydrogen) atoms. The molecule has 1 unspecified atom stereocenters. The fraction of sp³-hybridized carbons (Fsp3) is 0.535. The predicted octanol–water partition coefficient (Wildman–Crippen LogP) is -2.82. The Hall–Kier alpha value is -8.40. The van der Waals surface area contributed by atoms with Crippen molar-refractivity contribution in [3.05, 3.63) is 0 Å². The fourth-order valence-corrected chi connectivity index (χ4v) is 7.34. The Kier molecular flexibility index (Phi) is 19.7. The SMILES string of the molecule is C#CC(=O)N(CCC(=O)N(CCC(=O)ON1C(=O)CCC1=O)CCC(=O)ON1C(=O)CCC1=O)[N+](CCC)(CCC(=O)N(CCC(=O)ON1C(=O)CCC1=O)CCC(=O)ON1C(=O)CCC1=O)C(=O)C#C. The maximum atomic E-state index is 14.0. The summed E-state index contributed by atoms with van der Waals surface area (Å²) in [5.41, 5.74) is 0. The van der Waals surface area contributed by atoms with Crippen LogP contribution in [0.2, 0.25) is 0 Å². The van der Waals surface area contributed by atoms with E-state index >= 15 is 0 Å². The van der Waals surface area contributed by atoms with E-state index in [9.17, 15) is 76.7 Å². The van der Waals surface area contributed by atoms with Crippen LogP contribution in [0.1, 0.15) is 103 Å². The zero-order valence-electron chi connectivity index (χ0n) is 38.5. The summed E-state index contributed by atoms with van der Waals surface area (Å²) >= 11 is 0. The maximum Gasteiger partial charge on any atom is 0.416 e. The van der Waals surface area contributed by atoms with Gasteiger partial charge in [-0.2, -0.15) is 5.01 Å². The van der Waals surface area contributed by atoms with E-state index in [1.165, 1.54) is 0 Å². The lowest BCUT2D eigenvalue weighted by molar-refractivity contribution is -0.953. The van der Waals surface area contributed by atoms with Gasteiger partial charge in [-0.05, 0) is 12.3 Å². The number of hydrogen-bond acceptors (Lipinski definition) is 20. The molecule has 0 aromatic carbocycles. The molecule has 0 spiro atoms. The molecule has 28 heteroatoms. The third-order valence-electron chi connectivity index (χ3n) is 11.0. The van der Waals surface area contributed by atoms with Gasteiger partial charge in [-0.25, -0.2) is 24.0 Å².